The quantitative estimate of drug-likeness (QED) is 0.787. The third kappa shape index (κ3) is 2.73. The van der Waals surface area contributed by atoms with E-state index >= 15 is 0 Å². The molecule has 0 aliphatic carbocycles. The molecule has 0 aliphatic rings. The summed E-state index contributed by atoms with van der Waals surface area (Å²) in [6.45, 7) is 3.45. The van der Waals surface area contributed by atoms with Crippen LogP contribution in [-0.4, -0.2) is 42.2 Å². The highest BCUT2D eigenvalue weighted by Gasteiger charge is 2.29. The third-order valence-corrected chi connectivity index (χ3v) is 3.06. The monoisotopic (exact) mass is 252 g/mol. The maximum atomic E-state index is 12.3. The number of hydrogen-bond donors (Lipinski definition) is 2. The number of rotatable bonds is 4. The zero-order chi connectivity index (χ0) is 13.9. The fraction of sp³-hybridized carbons (Fsp3) is 0.462. The Morgan fingerprint density at radius 1 is 1.50 bits per heavy atom. The lowest BCUT2D eigenvalue weighted by atomic mass is 10.0. The molecule has 0 heterocycles. The second kappa shape index (κ2) is 5.27. The first-order chi connectivity index (χ1) is 8.33. The zero-order valence-electron chi connectivity index (χ0n) is 11.2. The summed E-state index contributed by atoms with van der Waals surface area (Å²) in [6, 6.07) is 4.88. The summed E-state index contributed by atoms with van der Waals surface area (Å²) in [6.07, 6.45) is 0. The second-order valence-electron chi connectivity index (χ2n) is 4.79. The molecule has 0 fully saturated rings. The lowest BCUT2D eigenvalue weighted by molar-refractivity contribution is 0.0470. The molecule has 0 atom stereocenters. The molecule has 1 rings (SSSR count). The van der Waals surface area contributed by atoms with Crippen LogP contribution < -0.4 is 10.5 Å². The number of aliphatic hydroxyl groups is 1. The first-order valence-corrected chi connectivity index (χ1v) is 5.66. The number of methoxy groups -OCH3 is 1. The fourth-order valence-corrected chi connectivity index (χ4v) is 1.45. The Bertz CT molecular complexity index is 444. The number of carbonyl (C=O) groups is 1. The van der Waals surface area contributed by atoms with Gasteiger partial charge in [-0.1, -0.05) is 0 Å². The summed E-state index contributed by atoms with van der Waals surface area (Å²) in [5.41, 5.74) is 5.97. The van der Waals surface area contributed by atoms with E-state index in [0.717, 1.165) is 0 Å². The molecule has 0 spiro atoms. The molecule has 1 aromatic rings. The molecule has 0 aliphatic heterocycles. The fourth-order valence-electron chi connectivity index (χ4n) is 1.45. The van der Waals surface area contributed by atoms with Crippen LogP contribution in [0.5, 0.6) is 5.75 Å². The number of nitrogen functional groups attached to an aromatic ring is 1. The van der Waals surface area contributed by atoms with Gasteiger partial charge in [-0.05, 0) is 26.0 Å². The molecule has 3 N–H and O–H groups in total. The van der Waals surface area contributed by atoms with E-state index in [2.05, 4.69) is 0 Å². The Morgan fingerprint density at radius 3 is 2.61 bits per heavy atom. The molecule has 0 aromatic heterocycles. The van der Waals surface area contributed by atoms with E-state index in [1.165, 1.54) is 12.0 Å². The van der Waals surface area contributed by atoms with E-state index in [4.69, 9.17) is 10.5 Å². The maximum Gasteiger partial charge on any atom is 0.257 e. The second-order valence-corrected chi connectivity index (χ2v) is 4.79. The number of amides is 1. The van der Waals surface area contributed by atoms with Gasteiger partial charge in [0.2, 0.25) is 0 Å². The topological polar surface area (TPSA) is 75.8 Å². The van der Waals surface area contributed by atoms with Crippen molar-refractivity contribution in [2.24, 2.45) is 0 Å². The van der Waals surface area contributed by atoms with E-state index in [-0.39, 0.29) is 12.5 Å². The number of hydrogen-bond acceptors (Lipinski definition) is 4. The van der Waals surface area contributed by atoms with E-state index in [1.54, 1.807) is 39.1 Å². The number of ether oxygens (including phenoxy) is 1. The van der Waals surface area contributed by atoms with Gasteiger partial charge < -0.3 is 20.5 Å². The van der Waals surface area contributed by atoms with Crippen molar-refractivity contribution in [3.8, 4) is 5.75 Å². The van der Waals surface area contributed by atoms with Crippen molar-refractivity contribution in [3.63, 3.8) is 0 Å². The largest absolute Gasteiger partial charge is 0.496 e. The van der Waals surface area contributed by atoms with Crippen LogP contribution in [0.4, 0.5) is 5.69 Å². The molecule has 1 amide bonds. The molecule has 18 heavy (non-hydrogen) atoms. The molecular formula is C13H20N2O3. The highest BCUT2D eigenvalue weighted by Crippen LogP contribution is 2.25. The summed E-state index contributed by atoms with van der Waals surface area (Å²) < 4.78 is 5.15. The molecule has 0 saturated carbocycles. The molecular weight excluding hydrogens is 232 g/mol. The van der Waals surface area contributed by atoms with Crippen LogP contribution >= 0.6 is 0 Å². The van der Waals surface area contributed by atoms with Crippen LogP contribution in [0.1, 0.15) is 24.2 Å². The number of benzene rings is 1. The zero-order valence-corrected chi connectivity index (χ0v) is 11.2. The average molecular weight is 252 g/mol. The number of likely N-dealkylation sites (N-methyl/N-ethyl adjacent to an activating group) is 1. The number of aliphatic hydroxyl groups excluding tert-OH is 1. The van der Waals surface area contributed by atoms with Crippen molar-refractivity contribution in [3.05, 3.63) is 23.8 Å². The Morgan fingerprint density at radius 2 is 2.11 bits per heavy atom. The van der Waals surface area contributed by atoms with Crippen molar-refractivity contribution in [2.75, 3.05) is 26.5 Å². The van der Waals surface area contributed by atoms with Gasteiger partial charge in [0.1, 0.15) is 5.75 Å². The van der Waals surface area contributed by atoms with Crippen molar-refractivity contribution in [1.29, 1.82) is 0 Å². The SMILES string of the molecule is COc1cc(N)ccc1C(=O)N(C)C(C)(C)CO. The molecule has 0 radical (unpaired) electrons. The van der Waals surface area contributed by atoms with Crippen LogP contribution in [0.25, 0.3) is 0 Å². The van der Waals surface area contributed by atoms with Crippen molar-refractivity contribution in [1.82, 2.24) is 4.90 Å². The summed E-state index contributed by atoms with van der Waals surface area (Å²) in [5.74, 6) is 0.214. The lowest BCUT2D eigenvalue weighted by Gasteiger charge is -2.34. The molecule has 100 valence electrons. The van der Waals surface area contributed by atoms with Crippen molar-refractivity contribution < 1.29 is 14.6 Å². The van der Waals surface area contributed by atoms with Gasteiger partial charge >= 0.3 is 0 Å². The summed E-state index contributed by atoms with van der Waals surface area (Å²) in [5, 5.41) is 9.29. The first-order valence-electron chi connectivity index (χ1n) is 5.66. The standard InChI is InChI=1S/C13H20N2O3/c1-13(2,8-16)15(3)12(17)10-6-5-9(14)7-11(10)18-4/h5-7,16H,8,14H2,1-4H3. The minimum Gasteiger partial charge on any atom is -0.496 e. The van der Waals surface area contributed by atoms with Crippen molar-refractivity contribution in [2.45, 2.75) is 19.4 Å². The first kappa shape index (κ1) is 14.3. The van der Waals surface area contributed by atoms with Gasteiger partial charge in [-0.25, -0.2) is 0 Å². The Labute approximate surface area is 107 Å². The summed E-state index contributed by atoms with van der Waals surface area (Å²) in [7, 11) is 3.14. The number of carbonyl (C=O) groups excluding carboxylic acids is 1. The Balaban J connectivity index is 3.11. The average Bonchev–Trinajstić information content (AvgIpc) is 2.36. The highest BCUT2D eigenvalue weighted by atomic mass is 16.5. The van der Waals surface area contributed by atoms with Gasteiger partial charge in [0.15, 0.2) is 0 Å². The maximum absolute atomic E-state index is 12.3. The molecule has 5 nitrogen and oxygen atoms in total. The molecule has 5 heteroatoms. The Hall–Kier alpha value is -1.75. The molecule has 0 unspecified atom stereocenters. The van der Waals surface area contributed by atoms with Crippen LogP contribution in [0.15, 0.2) is 18.2 Å². The highest BCUT2D eigenvalue weighted by molar-refractivity contribution is 5.97. The van der Waals surface area contributed by atoms with Crippen LogP contribution in [0.2, 0.25) is 0 Å². The van der Waals surface area contributed by atoms with Crippen LogP contribution in [0.3, 0.4) is 0 Å². The van der Waals surface area contributed by atoms with Gasteiger partial charge in [0, 0.05) is 18.8 Å². The summed E-state index contributed by atoms with van der Waals surface area (Å²) >= 11 is 0. The minimum atomic E-state index is -0.635. The predicted octanol–water partition coefficient (Wildman–Crippen LogP) is 1.12. The van der Waals surface area contributed by atoms with E-state index in [0.29, 0.717) is 17.0 Å². The van der Waals surface area contributed by atoms with Gasteiger partial charge in [-0.2, -0.15) is 0 Å². The lowest BCUT2D eigenvalue weighted by Crippen LogP contribution is -2.47. The number of nitrogens with two attached hydrogens (primary N) is 1. The summed E-state index contributed by atoms with van der Waals surface area (Å²) in [4.78, 5) is 13.8. The number of nitrogens with zero attached hydrogens (tertiary/aromatic N) is 1. The van der Waals surface area contributed by atoms with Crippen LogP contribution in [0, 0.1) is 0 Å². The van der Waals surface area contributed by atoms with Gasteiger partial charge in [0.05, 0.1) is 24.8 Å². The van der Waals surface area contributed by atoms with Crippen LogP contribution in [-0.2, 0) is 0 Å². The van der Waals surface area contributed by atoms with E-state index in [1.807, 2.05) is 0 Å². The predicted molar refractivity (Wildman–Crippen MR) is 70.7 cm³/mol. The normalized spacial score (nSPS) is 11.2. The van der Waals surface area contributed by atoms with Gasteiger partial charge in [0.25, 0.3) is 5.91 Å². The van der Waals surface area contributed by atoms with E-state index in [9.17, 15) is 9.90 Å². The van der Waals surface area contributed by atoms with E-state index < -0.39 is 5.54 Å². The van der Waals surface area contributed by atoms with Gasteiger partial charge in [-0.3, -0.25) is 4.79 Å². The van der Waals surface area contributed by atoms with Crippen molar-refractivity contribution >= 4 is 11.6 Å². The smallest absolute Gasteiger partial charge is 0.257 e. The Kier molecular flexibility index (Phi) is 4.19. The minimum absolute atomic E-state index is 0.119. The third-order valence-electron chi connectivity index (χ3n) is 3.06. The molecule has 0 bridgehead atoms. The molecule has 1 aromatic carbocycles. The molecule has 0 saturated heterocycles. The number of anilines is 1. The van der Waals surface area contributed by atoms with Gasteiger partial charge in [-0.15, -0.1) is 0 Å².